The number of halogens is 1. The molecule has 3 nitrogen and oxygen atoms in total. The maximum absolute atomic E-state index is 6.04. The van der Waals surface area contributed by atoms with Crippen molar-refractivity contribution in [2.45, 2.75) is 13.3 Å². The average molecular weight is 258 g/mol. The summed E-state index contributed by atoms with van der Waals surface area (Å²) in [5.41, 5.74) is 1.17. The van der Waals surface area contributed by atoms with E-state index in [0.717, 1.165) is 26.1 Å². The molecule has 1 N–H and O–H groups in total. The van der Waals surface area contributed by atoms with Crippen molar-refractivity contribution >= 4 is 11.6 Å². The summed E-state index contributed by atoms with van der Waals surface area (Å²) >= 11 is 6.04. The van der Waals surface area contributed by atoms with Crippen LogP contribution in [0.25, 0.3) is 0 Å². The quantitative estimate of drug-likeness (QED) is 0.726. The molecule has 0 spiro atoms. The van der Waals surface area contributed by atoms with Crippen LogP contribution in [0.5, 0.6) is 5.75 Å². The SMILES string of the molecule is CCNCCOCCc1ccc(OC)c(Cl)c1. The minimum atomic E-state index is 0.651. The standard InChI is InChI=1S/C13H20ClNO2/c1-3-15-7-9-17-8-6-11-4-5-13(16-2)12(14)10-11/h4-5,10,15H,3,6-9H2,1-2H3. The molecule has 0 aliphatic carbocycles. The highest BCUT2D eigenvalue weighted by Crippen LogP contribution is 2.24. The van der Waals surface area contributed by atoms with Gasteiger partial charge in [-0.2, -0.15) is 0 Å². The lowest BCUT2D eigenvalue weighted by molar-refractivity contribution is 0.139. The van der Waals surface area contributed by atoms with Crippen LogP contribution in [0.1, 0.15) is 12.5 Å². The van der Waals surface area contributed by atoms with Crippen LogP contribution in [0.2, 0.25) is 5.02 Å². The monoisotopic (exact) mass is 257 g/mol. The van der Waals surface area contributed by atoms with Crippen LogP contribution in [0, 0.1) is 0 Å². The molecule has 0 aliphatic rings. The third-order valence-electron chi connectivity index (χ3n) is 2.42. The van der Waals surface area contributed by atoms with Crippen LogP contribution in [0.4, 0.5) is 0 Å². The van der Waals surface area contributed by atoms with Gasteiger partial charge >= 0.3 is 0 Å². The molecule has 96 valence electrons. The Hall–Kier alpha value is -0.770. The van der Waals surface area contributed by atoms with E-state index in [-0.39, 0.29) is 0 Å². The van der Waals surface area contributed by atoms with Gasteiger partial charge in [0.25, 0.3) is 0 Å². The number of ether oxygens (including phenoxy) is 2. The molecule has 1 rings (SSSR count). The van der Waals surface area contributed by atoms with Crippen LogP contribution < -0.4 is 10.1 Å². The molecule has 0 fully saturated rings. The lowest BCUT2D eigenvalue weighted by Gasteiger charge is -2.07. The third-order valence-corrected chi connectivity index (χ3v) is 2.72. The summed E-state index contributed by atoms with van der Waals surface area (Å²) in [6.07, 6.45) is 0.871. The van der Waals surface area contributed by atoms with E-state index in [1.807, 2.05) is 18.2 Å². The van der Waals surface area contributed by atoms with Gasteiger partial charge in [0, 0.05) is 6.54 Å². The third kappa shape index (κ3) is 5.39. The van der Waals surface area contributed by atoms with Gasteiger partial charge < -0.3 is 14.8 Å². The normalized spacial score (nSPS) is 10.5. The van der Waals surface area contributed by atoms with Gasteiger partial charge in [0.05, 0.1) is 25.3 Å². The predicted molar refractivity (Wildman–Crippen MR) is 71.1 cm³/mol. The van der Waals surface area contributed by atoms with Crippen LogP contribution in [0.15, 0.2) is 18.2 Å². The summed E-state index contributed by atoms with van der Waals surface area (Å²) in [4.78, 5) is 0. The van der Waals surface area contributed by atoms with Gasteiger partial charge in [-0.25, -0.2) is 0 Å². The number of hydrogen-bond acceptors (Lipinski definition) is 3. The van der Waals surface area contributed by atoms with Crippen molar-refractivity contribution in [3.05, 3.63) is 28.8 Å². The Kier molecular flexibility index (Phi) is 7.01. The zero-order chi connectivity index (χ0) is 12.5. The molecule has 0 heterocycles. The molecule has 0 bridgehead atoms. The second-order valence-electron chi connectivity index (χ2n) is 3.68. The molecule has 0 saturated heterocycles. The minimum Gasteiger partial charge on any atom is -0.495 e. The van der Waals surface area contributed by atoms with Crippen molar-refractivity contribution in [3.63, 3.8) is 0 Å². The summed E-state index contributed by atoms with van der Waals surface area (Å²) in [5.74, 6) is 0.712. The molecule has 0 unspecified atom stereocenters. The van der Waals surface area contributed by atoms with Crippen molar-refractivity contribution in [1.82, 2.24) is 5.32 Å². The van der Waals surface area contributed by atoms with Crippen molar-refractivity contribution in [1.29, 1.82) is 0 Å². The highest BCUT2D eigenvalue weighted by molar-refractivity contribution is 6.32. The molecule has 0 saturated carbocycles. The van der Waals surface area contributed by atoms with Gasteiger partial charge in [0.15, 0.2) is 0 Å². The van der Waals surface area contributed by atoms with E-state index in [1.165, 1.54) is 5.56 Å². The second-order valence-corrected chi connectivity index (χ2v) is 4.09. The van der Waals surface area contributed by atoms with E-state index in [2.05, 4.69) is 12.2 Å². The fraction of sp³-hybridized carbons (Fsp3) is 0.538. The number of benzene rings is 1. The number of hydrogen-bond donors (Lipinski definition) is 1. The molecular weight excluding hydrogens is 238 g/mol. The van der Waals surface area contributed by atoms with E-state index >= 15 is 0 Å². The van der Waals surface area contributed by atoms with Crippen molar-refractivity contribution in [3.8, 4) is 5.75 Å². The van der Waals surface area contributed by atoms with Gasteiger partial charge in [0.2, 0.25) is 0 Å². The topological polar surface area (TPSA) is 30.5 Å². The van der Waals surface area contributed by atoms with E-state index in [1.54, 1.807) is 7.11 Å². The highest BCUT2D eigenvalue weighted by Gasteiger charge is 2.01. The number of methoxy groups -OCH3 is 1. The summed E-state index contributed by atoms with van der Waals surface area (Å²) in [6.45, 7) is 5.43. The fourth-order valence-electron chi connectivity index (χ4n) is 1.48. The molecular formula is C13H20ClNO2. The largest absolute Gasteiger partial charge is 0.495 e. The van der Waals surface area contributed by atoms with Gasteiger partial charge in [-0.15, -0.1) is 0 Å². The molecule has 0 amide bonds. The molecule has 1 aromatic carbocycles. The maximum atomic E-state index is 6.04. The molecule has 1 aromatic rings. The number of rotatable bonds is 8. The van der Waals surface area contributed by atoms with Gasteiger partial charge in [-0.1, -0.05) is 24.6 Å². The predicted octanol–water partition coefficient (Wildman–Crippen LogP) is 2.52. The zero-order valence-electron chi connectivity index (χ0n) is 10.5. The van der Waals surface area contributed by atoms with Crippen LogP contribution >= 0.6 is 11.6 Å². The lowest BCUT2D eigenvalue weighted by atomic mass is 10.1. The Morgan fingerprint density at radius 3 is 2.76 bits per heavy atom. The van der Waals surface area contributed by atoms with E-state index in [4.69, 9.17) is 21.1 Å². The first-order chi connectivity index (χ1) is 8.27. The Bertz CT molecular complexity index is 331. The molecule has 0 radical (unpaired) electrons. The zero-order valence-corrected chi connectivity index (χ0v) is 11.2. The summed E-state index contributed by atoms with van der Waals surface area (Å²) in [5, 5.41) is 3.86. The van der Waals surface area contributed by atoms with Gasteiger partial charge in [0.1, 0.15) is 5.75 Å². The fourth-order valence-corrected chi connectivity index (χ4v) is 1.76. The van der Waals surface area contributed by atoms with Crippen molar-refractivity contribution in [2.24, 2.45) is 0 Å². The highest BCUT2D eigenvalue weighted by atomic mass is 35.5. The van der Waals surface area contributed by atoms with Crippen LogP contribution in [-0.4, -0.2) is 33.4 Å². The Balaban J connectivity index is 2.25. The van der Waals surface area contributed by atoms with Crippen molar-refractivity contribution < 1.29 is 9.47 Å². The Morgan fingerprint density at radius 2 is 2.12 bits per heavy atom. The van der Waals surface area contributed by atoms with E-state index < -0.39 is 0 Å². The summed E-state index contributed by atoms with van der Waals surface area (Å²) in [7, 11) is 1.62. The molecule has 0 aliphatic heterocycles. The minimum absolute atomic E-state index is 0.651. The Labute approximate surface area is 108 Å². The number of nitrogens with one attached hydrogen (secondary N) is 1. The van der Waals surface area contributed by atoms with E-state index in [9.17, 15) is 0 Å². The number of likely N-dealkylation sites (N-methyl/N-ethyl adjacent to an activating group) is 1. The molecule has 0 aromatic heterocycles. The maximum Gasteiger partial charge on any atom is 0.137 e. The first-order valence-corrected chi connectivity index (χ1v) is 6.26. The van der Waals surface area contributed by atoms with Gasteiger partial charge in [-0.05, 0) is 30.7 Å². The summed E-state index contributed by atoms with van der Waals surface area (Å²) < 4.78 is 10.6. The van der Waals surface area contributed by atoms with Gasteiger partial charge in [-0.3, -0.25) is 0 Å². The van der Waals surface area contributed by atoms with Crippen LogP contribution in [-0.2, 0) is 11.2 Å². The molecule has 4 heteroatoms. The van der Waals surface area contributed by atoms with Crippen molar-refractivity contribution in [2.75, 3.05) is 33.4 Å². The van der Waals surface area contributed by atoms with E-state index in [0.29, 0.717) is 17.4 Å². The smallest absolute Gasteiger partial charge is 0.137 e. The first-order valence-electron chi connectivity index (χ1n) is 5.88. The molecule has 17 heavy (non-hydrogen) atoms. The van der Waals surface area contributed by atoms with Crippen LogP contribution in [0.3, 0.4) is 0 Å². The Morgan fingerprint density at radius 1 is 1.29 bits per heavy atom. The second kappa shape index (κ2) is 8.34. The first kappa shape index (κ1) is 14.3. The lowest BCUT2D eigenvalue weighted by Crippen LogP contribution is -2.19. The molecule has 0 atom stereocenters. The summed E-state index contributed by atoms with van der Waals surface area (Å²) in [6, 6.07) is 5.82. The average Bonchev–Trinajstić information content (AvgIpc) is 2.34.